The van der Waals surface area contributed by atoms with E-state index in [0.29, 0.717) is 29.9 Å². The van der Waals surface area contributed by atoms with Crippen molar-refractivity contribution in [2.24, 2.45) is 0 Å². The highest BCUT2D eigenvalue weighted by Crippen LogP contribution is 2.01. The van der Waals surface area contributed by atoms with Gasteiger partial charge in [0.05, 0.1) is 12.8 Å². The van der Waals surface area contributed by atoms with Crippen molar-refractivity contribution in [3.8, 4) is 0 Å². The number of aromatic nitrogens is 2. The number of hydrogen-bond donors (Lipinski definition) is 1. The van der Waals surface area contributed by atoms with Crippen molar-refractivity contribution in [2.45, 2.75) is 20.0 Å². The van der Waals surface area contributed by atoms with Crippen molar-refractivity contribution in [3.05, 3.63) is 51.0 Å². The van der Waals surface area contributed by atoms with Gasteiger partial charge < -0.3 is 9.73 Å². The molecule has 96 valence electrons. The van der Waals surface area contributed by atoms with Crippen molar-refractivity contribution in [2.75, 3.05) is 6.54 Å². The lowest BCUT2D eigenvalue weighted by atomic mass is 10.4. The van der Waals surface area contributed by atoms with E-state index in [1.165, 1.54) is 6.20 Å². The van der Waals surface area contributed by atoms with Crippen LogP contribution in [0.15, 0.2) is 38.3 Å². The maximum atomic E-state index is 11.8. The molecule has 0 amide bonds. The van der Waals surface area contributed by atoms with Crippen molar-refractivity contribution < 1.29 is 4.42 Å². The Morgan fingerprint density at radius 1 is 1.56 bits per heavy atom. The van der Waals surface area contributed by atoms with E-state index < -0.39 is 0 Å². The Bertz CT molecular complexity index is 563. The van der Waals surface area contributed by atoms with Gasteiger partial charge in [0.25, 0.3) is 5.56 Å². The monoisotopic (exact) mass is 311 g/mol. The fourth-order valence-electron chi connectivity index (χ4n) is 1.63. The predicted molar refractivity (Wildman–Crippen MR) is 71.3 cm³/mol. The van der Waals surface area contributed by atoms with E-state index >= 15 is 0 Å². The zero-order chi connectivity index (χ0) is 13.0. The second-order valence-electron chi connectivity index (χ2n) is 3.87. The lowest BCUT2D eigenvalue weighted by molar-refractivity contribution is 0.472. The molecule has 0 saturated carbocycles. The van der Waals surface area contributed by atoms with Gasteiger partial charge in [0, 0.05) is 19.3 Å². The summed E-state index contributed by atoms with van der Waals surface area (Å²) < 4.78 is 7.32. The van der Waals surface area contributed by atoms with Crippen molar-refractivity contribution >= 4 is 15.9 Å². The first-order valence-electron chi connectivity index (χ1n) is 5.63. The minimum absolute atomic E-state index is 0.0534. The summed E-state index contributed by atoms with van der Waals surface area (Å²) in [6.45, 7) is 3.74. The average molecular weight is 312 g/mol. The van der Waals surface area contributed by atoms with Crippen LogP contribution >= 0.6 is 15.9 Å². The summed E-state index contributed by atoms with van der Waals surface area (Å²) in [6.07, 6.45) is 3.17. The SMILES string of the molecule is Cc1ncc(Br)c(=O)n1CCNCc1ccco1. The van der Waals surface area contributed by atoms with Gasteiger partial charge in [-0.25, -0.2) is 4.98 Å². The molecule has 0 spiro atoms. The van der Waals surface area contributed by atoms with E-state index in [0.717, 1.165) is 5.76 Å². The molecule has 2 rings (SSSR count). The van der Waals surface area contributed by atoms with Gasteiger partial charge in [-0.1, -0.05) is 0 Å². The van der Waals surface area contributed by atoms with E-state index in [2.05, 4.69) is 26.2 Å². The molecule has 0 saturated heterocycles. The predicted octanol–water partition coefficient (Wildman–Crippen LogP) is 1.70. The lowest BCUT2D eigenvalue weighted by Crippen LogP contribution is -2.29. The molecule has 0 aromatic carbocycles. The zero-order valence-electron chi connectivity index (χ0n) is 10.0. The molecule has 2 heterocycles. The maximum absolute atomic E-state index is 11.8. The van der Waals surface area contributed by atoms with Gasteiger partial charge in [-0.2, -0.15) is 0 Å². The highest BCUT2D eigenvalue weighted by Gasteiger charge is 2.04. The molecule has 0 aliphatic rings. The van der Waals surface area contributed by atoms with Crippen LogP contribution in [0.1, 0.15) is 11.6 Å². The second kappa shape index (κ2) is 5.97. The summed E-state index contributed by atoms with van der Waals surface area (Å²) in [5.74, 6) is 1.59. The Hall–Kier alpha value is -1.40. The number of rotatable bonds is 5. The largest absolute Gasteiger partial charge is 0.468 e. The molecular weight excluding hydrogens is 298 g/mol. The van der Waals surface area contributed by atoms with Crippen LogP contribution < -0.4 is 10.9 Å². The number of nitrogens with one attached hydrogen (secondary N) is 1. The zero-order valence-corrected chi connectivity index (χ0v) is 11.6. The summed E-state index contributed by atoms with van der Waals surface area (Å²) in [4.78, 5) is 16.0. The Kier molecular flexibility index (Phi) is 4.33. The van der Waals surface area contributed by atoms with Crippen LogP contribution in [-0.4, -0.2) is 16.1 Å². The van der Waals surface area contributed by atoms with Crippen LogP contribution in [0.3, 0.4) is 0 Å². The number of nitrogens with zero attached hydrogens (tertiary/aromatic N) is 2. The average Bonchev–Trinajstić information content (AvgIpc) is 2.86. The Morgan fingerprint density at radius 2 is 2.39 bits per heavy atom. The van der Waals surface area contributed by atoms with Gasteiger partial charge in [-0.3, -0.25) is 9.36 Å². The molecule has 0 fully saturated rings. The van der Waals surface area contributed by atoms with Gasteiger partial charge in [-0.05, 0) is 35.0 Å². The van der Waals surface area contributed by atoms with E-state index in [1.807, 2.05) is 19.1 Å². The van der Waals surface area contributed by atoms with Crippen molar-refractivity contribution in [1.82, 2.24) is 14.9 Å². The highest BCUT2D eigenvalue weighted by molar-refractivity contribution is 9.10. The standard InChI is InChI=1S/C12H14BrN3O2/c1-9-15-8-11(13)12(17)16(9)5-4-14-7-10-3-2-6-18-10/h2-3,6,8,14H,4-5,7H2,1H3. The van der Waals surface area contributed by atoms with Gasteiger partial charge in [0.15, 0.2) is 0 Å². The molecular formula is C12H14BrN3O2. The van der Waals surface area contributed by atoms with Crippen LogP contribution in [0.4, 0.5) is 0 Å². The van der Waals surface area contributed by atoms with Crippen LogP contribution in [0, 0.1) is 6.92 Å². The topological polar surface area (TPSA) is 60.1 Å². The van der Waals surface area contributed by atoms with Gasteiger partial charge >= 0.3 is 0 Å². The third-order valence-electron chi connectivity index (χ3n) is 2.60. The minimum atomic E-state index is -0.0534. The first-order valence-corrected chi connectivity index (χ1v) is 6.43. The summed E-state index contributed by atoms with van der Waals surface area (Å²) in [6, 6.07) is 3.76. The number of halogens is 1. The molecule has 6 heteroatoms. The Balaban J connectivity index is 1.91. The smallest absolute Gasteiger partial charge is 0.267 e. The lowest BCUT2D eigenvalue weighted by Gasteiger charge is -2.09. The Labute approximate surface area is 113 Å². The molecule has 0 radical (unpaired) electrons. The summed E-state index contributed by atoms with van der Waals surface area (Å²) in [5, 5.41) is 3.21. The molecule has 2 aromatic heterocycles. The second-order valence-corrected chi connectivity index (χ2v) is 4.72. The summed E-state index contributed by atoms with van der Waals surface area (Å²) in [7, 11) is 0. The summed E-state index contributed by atoms with van der Waals surface area (Å²) >= 11 is 3.19. The highest BCUT2D eigenvalue weighted by atomic mass is 79.9. The molecule has 5 nitrogen and oxygen atoms in total. The quantitative estimate of drug-likeness (QED) is 0.854. The van der Waals surface area contributed by atoms with Gasteiger partial charge in [-0.15, -0.1) is 0 Å². The first kappa shape index (κ1) is 13.0. The number of aryl methyl sites for hydroxylation is 1. The summed E-state index contributed by atoms with van der Waals surface area (Å²) in [5.41, 5.74) is -0.0534. The van der Waals surface area contributed by atoms with Crippen LogP contribution in [-0.2, 0) is 13.1 Å². The molecule has 0 aliphatic heterocycles. The van der Waals surface area contributed by atoms with Crippen molar-refractivity contribution in [3.63, 3.8) is 0 Å². The fourth-order valence-corrected chi connectivity index (χ4v) is 1.95. The van der Waals surface area contributed by atoms with E-state index in [9.17, 15) is 4.79 Å². The fraction of sp³-hybridized carbons (Fsp3) is 0.333. The van der Waals surface area contributed by atoms with Gasteiger partial charge in [0.1, 0.15) is 16.1 Å². The van der Waals surface area contributed by atoms with E-state index in [4.69, 9.17) is 4.42 Å². The molecule has 0 aliphatic carbocycles. The third-order valence-corrected chi connectivity index (χ3v) is 3.14. The normalized spacial score (nSPS) is 10.8. The maximum Gasteiger partial charge on any atom is 0.267 e. The van der Waals surface area contributed by atoms with E-state index in [1.54, 1.807) is 10.8 Å². The molecule has 1 N–H and O–H groups in total. The number of hydrogen-bond acceptors (Lipinski definition) is 4. The van der Waals surface area contributed by atoms with Crippen molar-refractivity contribution in [1.29, 1.82) is 0 Å². The van der Waals surface area contributed by atoms with Gasteiger partial charge in [0.2, 0.25) is 0 Å². The third kappa shape index (κ3) is 3.08. The number of furan rings is 1. The van der Waals surface area contributed by atoms with E-state index in [-0.39, 0.29) is 5.56 Å². The Morgan fingerprint density at radius 3 is 3.11 bits per heavy atom. The molecule has 0 unspecified atom stereocenters. The minimum Gasteiger partial charge on any atom is -0.468 e. The van der Waals surface area contributed by atoms with Crippen LogP contribution in [0.5, 0.6) is 0 Å². The molecule has 2 aromatic rings. The first-order chi connectivity index (χ1) is 8.68. The molecule has 0 atom stereocenters. The van der Waals surface area contributed by atoms with Crippen LogP contribution in [0.25, 0.3) is 0 Å². The van der Waals surface area contributed by atoms with Crippen LogP contribution in [0.2, 0.25) is 0 Å². The molecule has 18 heavy (non-hydrogen) atoms. The molecule has 0 bridgehead atoms.